The van der Waals surface area contributed by atoms with Crippen LogP contribution in [0.2, 0.25) is 5.02 Å². The van der Waals surface area contributed by atoms with Gasteiger partial charge in [0.2, 0.25) is 11.5 Å². The van der Waals surface area contributed by atoms with Crippen molar-refractivity contribution in [2.45, 2.75) is 30.7 Å². The molecule has 1 aromatic heterocycles. The fourth-order valence-electron chi connectivity index (χ4n) is 4.59. The van der Waals surface area contributed by atoms with Gasteiger partial charge in [0.25, 0.3) is 5.91 Å². The Morgan fingerprint density at radius 2 is 2.00 bits per heavy atom. The van der Waals surface area contributed by atoms with E-state index in [4.69, 9.17) is 32.5 Å². The molecular weight excluding hydrogens is 643 g/mol. The molecular formula is C29H24ClF5N6O5. The van der Waals surface area contributed by atoms with Crippen molar-refractivity contribution >= 4 is 35.3 Å². The van der Waals surface area contributed by atoms with E-state index in [1.165, 1.54) is 25.1 Å². The van der Waals surface area contributed by atoms with Crippen LogP contribution in [0.1, 0.15) is 39.7 Å². The number of amides is 2. The molecule has 17 heteroatoms. The number of pyridine rings is 1. The van der Waals surface area contributed by atoms with Gasteiger partial charge in [-0.1, -0.05) is 17.7 Å². The number of nitriles is 1. The summed E-state index contributed by atoms with van der Waals surface area (Å²) in [6.07, 6.45) is -4.81. The lowest BCUT2D eigenvalue weighted by Gasteiger charge is -2.31. The van der Waals surface area contributed by atoms with E-state index >= 15 is 0 Å². The fourth-order valence-corrected chi connectivity index (χ4v) is 4.81. The maximum atomic E-state index is 14.7. The van der Waals surface area contributed by atoms with Crippen molar-refractivity contribution in [3.8, 4) is 28.8 Å². The zero-order valence-corrected chi connectivity index (χ0v) is 24.6. The molecule has 0 aliphatic carbocycles. The zero-order chi connectivity index (χ0) is 34.2. The number of benzene rings is 2. The number of primary amides is 1. The minimum absolute atomic E-state index is 0.0542. The van der Waals surface area contributed by atoms with Crippen LogP contribution in [-0.2, 0) is 15.8 Å². The quantitative estimate of drug-likeness (QED) is 0.115. The van der Waals surface area contributed by atoms with Crippen LogP contribution in [0.25, 0.3) is 11.3 Å². The Hall–Kier alpha value is -5.01. The molecule has 242 valence electrons. The van der Waals surface area contributed by atoms with Crippen LogP contribution in [0, 0.1) is 11.3 Å². The molecule has 2 heterocycles. The molecule has 2 atom stereocenters. The van der Waals surface area contributed by atoms with E-state index in [-0.39, 0.29) is 62.3 Å². The first-order valence-electron chi connectivity index (χ1n) is 13.0. The number of carbonyl (C=O) groups is 2. The van der Waals surface area contributed by atoms with E-state index < -0.39 is 47.8 Å². The third kappa shape index (κ3) is 6.11. The number of ether oxygens (including phenoxy) is 2. The number of methoxy groups -OCH3 is 1. The number of anilines is 1. The zero-order valence-electron chi connectivity index (χ0n) is 23.9. The predicted octanol–water partition coefficient (Wildman–Crippen LogP) is 3.82. The van der Waals surface area contributed by atoms with Gasteiger partial charge in [-0.3, -0.25) is 9.59 Å². The number of aromatic nitrogens is 1. The van der Waals surface area contributed by atoms with E-state index in [9.17, 15) is 41.9 Å². The van der Waals surface area contributed by atoms with Gasteiger partial charge in [-0.05, 0) is 37.3 Å². The number of aliphatic imine (C=N–C) groups is 1. The van der Waals surface area contributed by atoms with E-state index in [1.807, 2.05) is 11.4 Å². The first-order chi connectivity index (χ1) is 21.5. The molecule has 0 bridgehead atoms. The molecule has 6 N–H and O–H groups in total. The van der Waals surface area contributed by atoms with Crippen molar-refractivity contribution in [2.24, 2.45) is 10.7 Å². The highest BCUT2D eigenvalue weighted by Crippen LogP contribution is 2.48. The number of hydrogen-bond donors (Lipinski definition) is 4. The minimum Gasteiger partial charge on any atom is -0.495 e. The Labute approximate surface area is 262 Å². The summed E-state index contributed by atoms with van der Waals surface area (Å²) in [7, 11) is 1.16. The van der Waals surface area contributed by atoms with Gasteiger partial charge < -0.3 is 31.4 Å². The van der Waals surface area contributed by atoms with Crippen LogP contribution in [0.15, 0.2) is 41.4 Å². The SMILES string of the molecule is COc1cc(C(=O)NC[C@](O)(c2cc3c(c(-c4ccc(C#N)c(Cl)c4)n2)OC[C@]3(C)C(N)=O)C(F)(F)F)cc(C=NC(F)F)c1N. The third-order valence-electron chi connectivity index (χ3n) is 7.36. The summed E-state index contributed by atoms with van der Waals surface area (Å²) in [5.74, 6) is -2.39. The van der Waals surface area contributed by atoms with Gasteiger partial charge in [0, 0.05) is 28.5 Å². The van der Waals surface area contributed by atoms with E-state index in [0.717, 1.165) is 25.3 Å². The fraction of sp³-hybridized carbons (Fsp3) is 0.276. The number of nitrogens with one attached hydrogen (secondary N) is 1. The molecule has 2 amide bonds. The van der Waals surface area contributed by atoms with Crippen LogP contribution in [-0.4, -0.2) is 61.1 Å². The monoisotopic (exact) mass is 666 g/mol. The number of rotatable bonds is 9. The lowest BCUT2D eigenvalue weighted by atomic mass is 9.81. The predicted molar refractivity (Wildman–Crippen MR) is 155 cm³/mol. The number of aliphatic hydroxyl groups is 1. The van der Waals surface area contributed by atoms with Crippen molar-refractivity contribution in [3.63, 3.8) is 0 Å². The summed E-state index contributed by atoms with van der Waals surface area (Å²) < 4.78 is 80.1. The maximum Gasteiger partial charge on any atom is 0.424 e. The van der Waals surface area contributed by atoms with Crippen LogP contribution in [0.4, 0.5) is 27.6 Å². The van der Waals surface area contributed by atoms with Crippen molar-refractivity contribution in [3.05, 3.63) is 69.4 Å². The number of halogens is 6. The summed E-state index contributed by atoms with van der Waals surface area (Å²) in [5.41, 5.74) is 3.89. The Morgan fingerprint density at radius 3 is 2.57 bits per heavy atom. The molecule has 0 saturated heterocycles. The molecule has 46 heavy (non-hydrogen) atoms. The number of nitrogens with two attached hydrogens (primary N) is 2. The first-order valence-corrected chi connectivity index (χ1v) is 13.4. The lowest BCUT2D eigenvalue weighted by molar-refractivity contribution is -0.265. The Bertz CT molecular complexity index is 1800. The highest BCUT2D eigenvalue weighted by molar-refractivity contribution is 6.32. The standard InChI is InChI=1S/C29H24ClF5N6O5/c1-27(25(38)43)12-46-23-17(27)8-20(41-22(23)13-3-4-14(9-36)18(30)6-13)28(44,29(33,34)35)11-40-24(42)15-5-16(10-39-26(31)32)21(37)19(7-15)45-2/h3-8,10,26,44H,11-12,37H2,1-2H3,(H2,38,43)(H,40,42)/t27-,28-/m0/s1. The average Bonchev–Trinajstić information content (AvgIpc) is 3.35. The molecule has 2 aromatic carbocycles. The van der Waals surface area contributed by atoms with Crippen LogP contribution in [0.5, 0.6) is 11.5 Å². The van der Waals surface area contributed by atoms with Crippen LogP contribution in [0.3, 0.4) is 0 Å². The highest BCUT2D eigenvalue weighted by Gasteiger charge is 2.57. The van der Waals surface area contributed by atoms with E-state index in [2.05, 4.69) is 9.98 Å². The Morgan fingerprint density at radius 1 is 1.30 bits per heavy atom. The number of hydrogen-bond acceptors (Lipinski definition) is 9. The number of fused-ring (bicyclic) bond motifs is 1. The molecule has 3 aromatic rings. The molecule has 4 rings (SSSR count). The van der Waals surface area contributed by atoms with Crippen molar-refractivity contribution in [1.82, 2.24) is 10.3 Å². The second kappa shape index (κ2) is 12.4. The van der Waals surface area contributed by atoms with Gasteiger partial charge in [0.15, 0.2) is 0 Å². The summed E-state index contributed by atoms with van der Waals surface area (Å²) in [4.78, 5) is 32.5. The summed E-state index contributed by atoms with van der Waals surface area (Å²) in [6, 6.07) is 8.56. The smallest absolute Gasteiger partial charge is 0.424 e. The summed E-state index contributed by atoms with van der Waals surface area (Å²) in [6.45, 7) is -3.65. The van der Waals surface area contributed by atoms with Crippen molar-refractivity contribution < 1.29 is 46.1 Å². The van der Waals surface area contributed by atoms with Gasteiger partial charge in [0.05, 0.1) is 35.6 Å². The summed E-state index contributed by atoms with van der Waals surface area (Å²) in [5, 5.41) is 22.4. The number of carbonyl (C=O) groups excluding carboxylic acids is 2. The topological polar surface area (TPSA) is 186 Å². The normalized spacial score (nSPS) is 17.2. The van der Waals surface area contributed by atoms with Crippen molar-refractivity contribution in [2.75, 3.05) is 26.0 Å². The van der Waals surface area contributed by atoms with Gasteiger partial charge in [-0.15, -0.1) is 0 Å². The van der Waals surface area contributed by atoms with Gasteiger partial charge in [-0.25, -0.2) is 9.98 Å². The van der Waals surface area contributed by atoms with Crippen LogP contribution < -0.4 is 26.3 Å². The van der Waals surface area contributed by atoms with Crippen molar-refractivity contribution in [1.29, 1.82) is 5.26 Å². The third-order valence-corrected chi connectivity index (χ3v) is 7.67. The van der Waals surface area contributed by atoms with E-state index in [0.29, 0.717) is 6.21 Å². The summed E-state index contributed by atoms with van der Waals surface area (Å²) >= 11 is 6.16. The molecule has 1 aliphatic heterocycles. The molecule has 11 nitrogen and oxygen atoms in total. The van der Waals surface area contributed by atoms with Gasteiger partial charge in [0.1, 0.15) is 35.3 Å². The maximum absolute atomic E-state index is 14.7. The lowest BCUT2D eigenvalue weighted by Crippen LogP contribution is -2.51. The molecule has 0 spiro atoms. The average molecular weight is 667 g/mol. The van der Waals surface area contributed by atoms with E-state index in [1.54, 1.807) is 0 Å². The van der Waals surface area contributed by atoms with Crippen LogP contribution >= 0.6 is 11.6 Å². The van der Waals surface area contributed by atoms with Gasteiger partial charge in [-0.2, -0.15) is 27.2 Å². The van der Waals surface area contributed by atoms with Gasteiger partial charge >= 0.3 is 12.7 Å². The molecule has 0 radical (unpaired) electrons. The minimum atomic E-state index is -5.47. The molecule has 0 saturated carbocycles. The second-order valence-corrected chi connectivity index (χ2v) is 10.7. The Balaban J connectivity index is 1.83. The molecule has 1 aliphatic rings. The number of nitrogen functional groups attached to an aromatic ring is 1. The largest absolute Gasteiger partial charge is 0.495 e. The second-order valence-electron chi connectivity index (χ2n) is 10.3. The molecule has 0 fully saturated rings. The number of alkyl halides is 5. The number of nitrogens with zero attached hydrogens (tertiary/aromatic N) is 3. The molecule has 0 unspecified atom stereocenters. The Kier molecular flexibility index (Phi) is 9.14. The first kappa shape index (κ1) is 33.9. The highest BCUT2D eigenvalue weighted by atomic mass is 35.5.